The summed E-state index contributed by atoms with van der Waals surface area (Å²) in [5.41, 5.74) is 3.16. The SMILES string of the molecule is CCc1ccccc1NC(=O)CSc1nnc(-c2cccs2)n1Cc1ccccc1. The number of anilines is 1. The van der Waals surface area contributed by atoms with Crippen molar-refractivity contribution < 1.29 is 4.79 Å². The largest absolute Gasteiger partial charge is 0.325 e. The number of rotatable bonds is 8. The van der Waals surface area contributed by atoms with Crippen LogP contribution in [0.3, 0.4) is 0 Å². The van der Waals surface area contributed by atoms with Gasteiger partial charge in [0.2, 0.25) is 5.91 Å². The number of thioether (sulfide) groups is 1. The van der Waals surface area contributed by atoms with Gasteiger partial charge in [0.05, 0.1) is 17.2 Å². The minimum atomic E-state index is -0.0483. The van der Waals surface area contributed by atoms with Crippen LogP contribution in [-0.2, 0) is 17.8 Å². The zero-order valence-corrected chi connectivity index (χ0v) is 18.2. The van der Waals surface area contributed by atoms with Crippen LogP contribution >= 0.6 is 23.1 Å². The number of hydrogen-bond donors (Lipinski definition) is 1. The van der Waals surface area contributed by atoms with Gasteiger partial charge < -0.3 is 5.32 Å². The Morgan fingerprint density at radius 2 is 1.83 bits per heavy atom. The summed E-state index contributed by atoms with van der Waals surface area (Å²) in [5, 5.41) is 14.6. The number of nitrogens with zero attached hydrogens (tertiary/aromatic N) is 3. The molecule has 0 atom stereocenters. The van der Waals surface area contributed by atoms with Gasteiger partial charge in [0.1, 0.15) is 0 Å². The average Bonchev–Trinajstić information content (AvgIpc) is 3.43. The zero-order chi connectivity index (χ0) is 20.8. The van der Waals surface area contributed by atoms with E-state index >= 15 is 0 Å². The highest BCUT2D eigenvalue weighted by molar-refractivity contribution is 7.99. The van der Waals surface area contributed by atoms with Gasteiger partial charge in [-0.05, 0) is 35.1 Å². The van der Waals surface area contributed by atoms with Crippen molar-refractivity contribution in [2.75, 3.05) is 11.1 Å². The molecular weight excluding hydrogens is 412 g/mol. The molecule has 0 bridgehead atoms. The van der Waals surface area contributed by atoms with Crippen LogP contribution in [0.1, 0.15) is 18.1 Å². The summed E-state index contributed by atoms with van der Waals surface area (Å²) in [6.45, 7) is 2.74. The molecule has 1 amide bonds. The third-order valence-corrected chi connectivity index (χ3v) is 6.48. The van der Waals surface area contributed by atoms with Gasteiger partial charge in [0.25, 0.3) is 0 Å². The van der Waals surface area contributed by atoms with Crippen molar-refractivity contribution in [2.45, 2.75) is 25.0 Å². The van der Waals surface area contributed by atoms with Crippen molar-refractivity contribution in [3.63, 3.8) is 0 Å². The lowest BCUT2D eigenvalue weighted by molar-refractivity contribution is -0.113. The van der Waals surface area contributed by atoms with E-state index in [0.717, 1.165) is 33.5 Å². The first-order valence-electron chi connectivity index (χ1n) is 9.76. The van der Waals surface area contributed by atoms with E-state index in [9.17, 15) is 4.79 Å². The summed E-state index contributed by atoms with van der Waals surface area (Å²) < 4.78 is 2.08. The fourth-order valence-electron chi connectivity index (χ4n) is 3.16. The van der Waals surface area contributed by atoms with Gasteiger partial charge in [0, 0.05) is 5.69 Å². The molecule has 0 spiro atoms. The van der Waals surface area contributed by atoms with Crippen molar-refractivity contribution in [2.24, 2.45) is 0 Å². The maximum atomic E-state index is 12.6. The number of carbonyl (C=O) groups is 1. The molecule has 4 aromatic rings. The third-order valence-electron chi connectivity index (χ3n) is 4.65. The molecule has 0 radical (unpaired) electrons. The molecular formula is C23H22N4OS2. The number of thiophene rings is 1. The quantitative estimate of drug-likeness (QED) is 0.380. The summed E-state index contributed by atoms with van der Waals surface area (Å²) in [5.74, 6) is 1.05. The average molecular weight is 435 g/mol. The number of amides is 1. The molecule has 0 unspecified atom stereocenters. The van der Waals surface area contributed by atoms with Crippen LogP contribution in [0.25, 0.3) is 10.7 Å². The number of nitrogens with one attached hydrogen (secondary N) is 1. The molecule has 4 rings (SSSR count). The predicted octanol–water partition coefficient (Wildman–Crippen LogP) is 5.35. The molecule has 5 nitrogen and oxygen atoms in total. The van der Waals surface area contributed by atoms with Crippen LogP contribution in [-0.4, -0.2) is 26.4 Å². The minimum absolute atomic E-state index is 0.0483. The summed E-state index contributed by atoms with van der Waals surface area (Å²) in [7, 11) is 0. The second-order valence-electron chi connectivity index (χ2n) is 6.70. The number of para-hydroxylation sites is 1. The highest BCUT2D eigenvalue weighted by Gasteiger charge is 2.17. The van der Waals surface area contributed by atoms with Gasteiger partial charge in [-0.25, -0.2) is 0 Å². The first-order valence-corrected chi connectivity index (χ1v) is 11.6. The molecule has 0 aliphatic heterocycles. The summed E-state index contributed by atoms with van der Waals surface area (Å²) in [4.78, 5) is 13.6. The number of aromatic nitrogens is 3. The van der Waals surface area contributed by atoms with E-state index in [1.54, 1.807) is 11.3 Å². The van der Waals surface area contributed by atoms with Gasteiger partial charge >= 0.3 is 0 Å². The van der Waals surface area contributed by atoms with Gasteiger partial charge in [0.15, 0.2) is 11.0 Å². The van der Waals surface area contributed by atoms with Gasteiger partial charge in [-0.15, -0.1) is 21.5 Å². The van der Waals surface area contributed by atoms with Crippen molar-refractivity contribution >= 4 is 34.7 Å². The lowest BCUT2D eigenvalue weighted by Crippen LogP contribution is -2.16. The van der Waals surface area contributed by atoms with Gasteiger partial charge in [-0.3, -0.25) is 9.36 Å². The number of hydrogen-bond acceptors (Lipinski definition) is 5. The predicted molar refractivity (Wildman–Crippen MR) is 124 cm³/mol. The molecule has 0 fully saturated rings. The van der Waals surface area contributed by atoms with Gasteiger partial charge in [-0.1, -0.05) is 73.3 Å². The maximum Gasteiger partial charge on any atom is 0.234 e. The summed E-state index contributed by atoms with van der Waals surface area (Å²) in [6.07, 6.45) is 0.874. The van der Waals surface area contributed by atoms with Crippen LogP contribution in [0.15, 0.2) is 77.3 Å². The van der Waals surface area contributed by atoms with Crippen LogP contribution in [0, 0.1) is 0 Å². The van der Waals surface area contributed by atoms with Crippen molar-refractivity contribution in [1.29, 1.82) is 0 Å². The molecule has 0 aliphatic rings. The zero-order valence-electron chi connectivity index (χ0n) is 16.6. The van der Waals surface area contributed by atoms with Crippen LogP contribution in [0.2, 0.25) is 0 Å². The molecule has 152 valence electrons. The Balaban J connectivity index is 1.51. The molecule has 0 saturated carbocycles. The lowest BCUT2D eigenvalue weighted by atomic mass is 10.1. The maximum absolute atomic E-state index is 12.6. The van der Waals surface area contributed by atoms with Crippen LogP contribution in [0.5, 0.6) is 0 Å². The smallest absolute Gasteiger partial charge is 0.234 e. The molecule has 7 heteroatoms. The van der Waals surface area contributed by atoms with E-state index in [4.69, 9.17) is 0 Å². The normalized spacial score (nSPS) is 10.8. The molecule has 1 N–H and O–H groups in total. The van der Waals surface area contributed by atoms with E-state index in [1.807, 2.05) is 60.0 Å². The van der Waals surface area contributed by atoms with Crippen molar-refractivity contribution in [3.8, 4) is 10.7 Å². The Kier molecular flexibility index (Phi) is 6.61. The van der Waals surface area contributed by atoms with E-state index in [2.05, 4.69) is 39.1 Å². The Hall–Kier alpha value is -2.90. The fraction of sp³-hybridized carbons (Fsp3) is 0.174. The second-order valence-corrected chi connectivity index (χ2v) is 8.59. The topological polar surface area (TPSA) is 59.8 Å². The Morgan fingerprint density at radius 1 is 1.03 bits per heavy atom. The van der Waals surface area contributed by atoms with Gasteiger partial charge in [-0.2, -0.15) is 0 Å². The second kappa shape index (κ2) is 9.73. The first-order chi connectivity index (χ1) is 14.7. The fourth-order valence-corrected chi connectivity index (χ4v) is 4.61. The minimum Gasteiger partial charge on any atom is -0.325 e. The standard InChI is InChI=1S/C23H22N4OS2/c1-2-18-11-6-7-12-19(18)24-21(28)16-30-23-26-25-22(20-13-8-14-29-20)27(23)15-17-9-4-3-5-10-17/h3-14H,2,15-16H2,1H3,(H,24,28). The lowest BCUT2D eigenvalue weighted by Gasteiger charge is -2.11. The number of aryl methyl sites for hydroxylation is 1. The molecule has 2 heterocycles. The molecule has 30 heavy (non-hydrogen) atoms. The van der Waals surface area contributed by atoms with Crippen LogP contribution < -0.4 is 5.32 Å². The number of carbonyl (C=O) groups excluding carboxylic acids is 1. The summed E-state index contributed by atoms with van der Waals surface area (Å²) >= 11 is 3.04. The highest BCUT2D eigenvalue weighted by atomic mass is 32.2. The van der Waals surface area contributed by atoms with E-state index < -0.39 is 0 Å². The number of benzene rings is 2. The van der Waals surface area contributed by atoms with Crippen molar-refractivity contribution in [1.82, 2.24) is 14.8 Å². The van der Waals surface area contributed by atoms with E-state index in [-0.39, 0.29) is 11.7 Å². The highest BCUT2D eigenvalue weighted by Crippen LogP contribution is 2.28. The molecule has 0 saturated heterocycles. The Labute approximate surface area is 184 Å². The molecule has 0 aliphatic carbocycles. The Bertz CT molecular complexity index is 1110. The third kappa shape index (κ3) is 4.80. The molecule has 2 aromatic heterocycles. The van der Waals surface area contributed by atoms with Crippen LogP contribution in [0.4, 0.5) is 5.69 Å². The Morgan fingerprint density at radius 3 is 2.60 bits per heavy atom. The van der Waals surface area contributed by atoms with E-state index in [1.165, 1.54) is 17.3 Å². The molecule has 2 aromatic carbocycles. The monoisotopic (exact) mass is 434 g/mol. The van der Waals surface area contributed by atoms with E-state index in [0.29, 0.717) is 6.54 Å². The first kappa shape index (κ1) is 20.4. The van der Waals surface area contributed by atoms with Crippen molar-refractivity contribution in [3.05, 3.63) is 83.2 Å². The summed E-state index contributed by atoms with van der Waals surface area (Å²) in [6, 6.07) is 22.2.